The van der Waals surface area contributed by atoms with Gasteiger partial charge in [-0.15, -0.1) is 0 Å². The molecule has 0 radical (unpaired) electrons. The van der Waals surface area contributed by atoms with E-state index in [1.165, 1.54) is 19.2 Å². The van der Waals surface area contributed by atoms with Gasteiger partial charge in [0.2, 0.25) is 0 Å². The molecule has 0 amide bonds. The van der Waals surface area contributed by atoms with E-state index in [0.29, 0.717) is 17.3 Å². The van der Waals surface area contributed by atoms with Gasteiger partial charge in [-0.3, -0.25) is 0 Å². The second kappa shape index (κ2) is 6.26. The van der Waals surface area contributed by atoms with E-state index in [1.54, 1.807) is 6.07 Å². The van der Waals surface area contributed by atoms with Crippen molar-refractivity contribution < 1.29 is 9.13 Å². The van der Waals surface area contributed by atoms with E-state index in [4.69, 9.17) is 16.3 Å². The lowest BCUT2D eigenvalue weighted by atomic mass is 10.2. The summed E-state index contributed by atoms with van der Waals surface area (Å²) in [6.45, 7) is 0.578. The Hall–Kier alpha value is -1.26. The van der Waals surface area contributed by atoms with Crippen LogP contribution in [-0.4, -0.2) is 7.11 Å². The maximum Gasteiger partial charge on any atom is 0.144 e. The van der Waals surface area contributed by atoms with Crippen LogP contribution < -0.4 is 10.1 Å². The quantitative estimate of drug-likeness (QED) is 0.855. The largest absolute Gasteiger partial charge is 0.494 e. The molecule has 1 N–H and O–H groups in total. The van der Waals surface area contributed by atoms with Crippen LogP contribution in [0.5, 0.6) is 5.75 Å². The Bertz CT molecular complexity index is 592. The molecule has 0 aromatic heterocycles. The lowest BCUT2D eigenvalue weighted by Crippen LogP contribution is -2.01. The van der Waals surface area contributed by atoms with E-state index >= 15 is 0 Å². The third-order valence-corrected chi connectivity index (χ3v) is 3.86. The fourth-order valence-corrected chi connectivity index (χ4v) is 2.11. The molecule has 2 aromatic rings. The molecule has 2 aromatic carbocycles. The van der Waals surface area contributed by atoms with Crippen molar-refractivity contribution in [1.29, 1.82) is 0 Å². The maximum absolute atomic E-state index is 13.1. The predicted octanol–water partition coefficient (Wildman–Crippen LogP) is 4.86. The second-order valence-electron chi connectivity index (χ2n) is 3.95. The van der Waals surface area contributed by atoms with Crippen LogP contribution in [0.4, 0.5) is 10.1 Å². The number of hydrogen-bond donors (Lipinski definition) is 1. The first-order valence-corrected chi connectivity index (χ1v) is 6.78. The van der Waals surface area contributed by atoms with Gasteiger partial charge in [0.05, 0.1) is 17.8 Å². The first-order chi connectivity index (χ1) is 9.10. The molecule has 100 valence electrons. The average Bonchev–Trinajstić information content (AvgIpc) is 2.41. The first kappa shape index (κ1) is 14.2. The molecule has 0 aliphatic carbocycles. The molecule has 5 heteroatoms. The van der Waals surface area contributed by atoms with Gasteiger partial charge >= 0.3 is 0 Å². The lowest BCUT2D eigenvalue weighted by molar-refractivity contribution is 0.413. The second-order valence-corrected chi connectivity index (χ2v) is 5.21. The predicted molar refractivity (Wildman–Crippen MR) is 79.4 cm³/mol. The zero-order valence-corrected chi connectivity index (χ0v) is 12.6. The number of benzene rings is 2. The van der Waals surface area contributed by atoms with E-state index in [2.05, 4.69) is 21.2 Å². The van der Waals surface area contributed by atoms with Gasteiger partial charge in [0.1, 0.15) is 11.6 Å². The lowest BCUT2D eigenvalue weighted by Gasteiger charge is -2.11. The molecular weight excluding hydrogens is 333 g/mol. The van der Waals surface area contributed by atoms with Crippen molar-refractivity contribution in [3.8, 4) is 5.75 Å². The highest BCUT2D eigenvalue weighted by Gasteiger charge is 2.05. The minimum Gasteiger partial charge on any atom is -0.494 e. The number of anilines is 1. The minimum absolute atomic E-state index is 0.325. The van der Waals surface area contributed by atoms with Crippen LogP contribution in [0.25, 0.3) is 0 Å². The zero-order valence-electron chi connectivity index (χ0n) is 10.2. The highest BCUT2D eigenvalue weighted by Crippen LogP contribution is 2.27. The summed E-state index contributed by atoms with van der Waals surface area (Å²) in [5.41, 5.74) is 1.77. The molecule has 19 heavy (non-hydrogen) atoms. The molecule has 0 saturated heterocycles. The number of rotatable bonds is 4. The fraction of sp³-hybridized carbons (Fsp3) is 0.143. The third-order valence-electron chi connectivity index (χ3n) is 2.63. The summed E-state index contributed by atoms with van der Waals surface area (Å²) >= 11 is 9.37. The Kier molecular flexibility index (Phi) is 4.66. The number of halogens is 3. The van der Waals surface area contributed by atoms with Crippen LogP contribution >= 0.6 is 27.5 Å². The van der Waals surface area contributed by atoms with Crippen molar-refractivity contribution in [1.82, 2.24) is 0 Å². The SMILES string of the molecule is COc1cc(F)ccc1NCc1ccc(Br)c(Cl)c1. The van der Waals surface area contributed by atoms with Crippen molar-refractivity contribution in [2.75, 3.05) is 12.4 Å². The monoisotopic (exact) mass is 343 g/mol. The molecule has 0 unspecified atom stereocenters. The fourth-order valence-electron chi connectivity index (χ4n) is 1.66. The van der Waals surface area contributed by atoms with Crippen molar-refractivity contribution in [2.24, 2.45) is 0 Å². The molecular formula is C14H12BrClFNO. The number of ether oxygens (including phenoxy) is 1. The van der Waals surface area contributed by atoms with Gasteiger partial charge in [0, 0.05) is 17.1 Å². The summed E-state index contributed by atoms with van der Waals surface area (Å²) in [6.07, 6.45) is 0. The Morgan fingerprint density at radius 1 is 1.26 bits per heavy atom. The van der Waals surface area contributed by atoms with Crippen LogP contribution in [0.15, 0.2) is 40.9 Å². The molecule has 0 aliphatic heterocycles. The maximum atomic E-state index is 13.1. The average molecular weight is 345 g/mol. The summed E-state index contributed by atoms with van der Waals surface area (Å²) in [7, 11) is 1.51. The van der Waals surface area contributed by atoms with Gasteiger partial charge in [0.25, 0.3) is 0 Å². The van der Waals surface area contributed by atoms with Gasteiger partial charge in [-0.25, -0.2) is 4.39 Å². The number of methoxy groups -OCH3 is 1. The Balaban J connectivity index is 2.12. The van der Waals surface area contributed by atoms with Gasteiger partial charge in [0.15, 0.2) is 0 Å². The summed E-state index contributed by atoms with van der Waals surface area (Å²) in [5.74, 6) is 0.150. The molecule has 0 bridgehead atoms. The Labute approximate surface area is 124 Å². The van der Waals surface area contributed by atoms with Crippen LogP contribution in [0, 0.1) is 5.82 Å². The van der Waals surface area contributed by atoms with E-state index in [9.17, 15) is 4.39 Å². The molecule has 2 nitrogen and oxygen atoms in total. The van der Waals surface area contributed by atoms with E-state index in [-0.39, 0.29) is 5.82 Å². The number of hydrogen-bond acceptors (Lipinski definition) is 2. The van der Waals surface area contributed by atoms with Crippen LogP contribution in [0.2, 0.25) is 5.02 Å². The van der Waals surface area contributed by atoms with Gasteiger partial charge in [-0.1, -0.05) is 17.7 Å². The third kappa shape index (κ3) is 3.61. The molecule has 2 rings (SSSR count). The zero-order chi connectivity index (χ0) is 13.8. The summed E-state index contributed by atoms with van der Waals surface area (Å²) in [6, 6.07) is 10.1. The molecule has 0 saturated carbocycles. The van der Waals surface area contributed by atoms with Crippen molar-refractivity contribution >= 4 is 33.2 Å². The van der Waals surface area contributed by atoms with Crippen molar-refractivity contribution in [2.45, 2.75) is 6.54 Å². The van der Waals surface area contributed by atoms with Crippen molar-refractivity contribution in [3.05, 3.63) is 57.3 Å². The minimum atomic E-state index is -0.325. The molecule has 0 heterocycles. The summed E-state index contributed by atoms with van der Waals surface area (Å²) in [5, 5.41) is 3.85. The Morgan fingerprint density at radius 3 is 2.74 bits per heavy atom. The van der Waals surface area contributed by atoms with E-state index in [1.807, 2.05) is 18.2 Å². The molecule has 0 atom stereocenters. The van der Waals surface area contributed by atoms with E-state index in [0.717, 1.165) is 15.7 Å². The summed E-state index contributed by atoms with van der Waals surface area (Å²) in [4.78, 5) is 0. The highest BCUT2D eigenvalue weighted by molar-refractivity contribution is 9.10. The van der Waals surface area contributed by atoms with Crippen molar-refractivity contribution in [3.63, 3.8) is 0 Å². The van der Waals surface area contributed by atoms with Gasteiger partial charge in [-0.2, -0.15) is 0 Å². The van der Waals surface area contributed by atoms with E-state index < -0.39 is 0 Å². The molecule has 0 aliphatic rings. The standard InChI is InChI=1S/C14H12BrClFNO/c1-19-14-7-10(17)3-5-13(14)18-8-9-2-4-11(15)12(16)6-9/h2-7,18H,8H2,1H3. The van der Waals surface area contributed by atoms with Crippen LogP contribution in [0.1, 0.15) is 5.56 Å². The molecule has 0 fully saturated rings. The highest BCUT2D eigenvalue weighted by atomic mass is 79.9. The van der Waals surface area contributed by atoms with Gasteiger partial charge in [-0.05, 0) is 45.8 Å². The normalized spacial score (nSPS) is 10.3. The van der Waals surface area contributed by atoms with Crippen LogP contribution in [-0.2, 0) is 6.54 Å². The van der Waals surface area contributed by atoms with Crippen LogP contribution in [0.3, 0.4) is 0 Å². The Morgan fingerprint density at radius 2 is 2.05 bits per heavy atom. The smallest absolute Gasteiger partial charge is 0.144 e. The topological polar surface area (TPSA) is 21.3 Å². The molecule has 0 spiro atoms. The first-order valence-electron chi connectivity index (χ1n) is 5.61. The number of nitrogens with one attached hydrogen (secondary N) is 1. The summed E-state index contributed by atoms with van der Waals surface area (Å²) < 4.78 is 19.0. The van der Waals surface area contributed by atoms with Gasteiger partial charge < -0.3 is 10.1 Å².